The van der Waals surface area contributed by atoms with Crippen LogP contribution in [0.25, 0.3) is 0 Å². The van der Waals surface area contributed by atoms with Crippen LogP contribution in [0, 0.1) is 23.0 Å². The summed E-state index contributed by atoms with van der Waals surface area (Å²) in [7, 11) is 0. The first-order valence-electron chi connectivity index (χ1n) is 5.46. The number of hydrogen-bond donors (Lipinski definition) is 1. The molecular formula is C11H15N3O2. The van der Waals surface area contributed by atoms with Gasteiger partial charge in [0.15, 0.2) is 0 Å². The van der Waals surface area contributed by atoms with Crippen molar-refractivity contribution in [3.05, 3.63) is 27.9 Å². The molecule has 1 N–H and O–H groups in total. The minimum Gasteiger partial charge on any atom is -0.362 e. The van der Waals surface area contributed by atoms with Crippen molar-refractivity contribution in [3.63, 3.8) is 0 Å². The van der Waals surface area contributed by atoms with Gasteiger partial charge < -0.3 is 5.32 Å². The topological polar surface area (TPSA) is 68.1 Å². The van der Waals surface area contributed by atoms with Gasteiger partial charge in [0.2, 0.25) is 5.82 Å². The zero-order chi connectivity index (χ0) is 11.7. The highest BCUT2D eigenvalue weighted by Crippen LogP contribution is 2.35. The SMILES string of the molecule is Cc1ccc([N+](=O)[O-])c(NC(C)C2CC2)n1. The Kier molecular flexibility index (Phi) is 2.77. The van der Waals surface area contributed by atoms with Gasteiger partial charge in [0, 0.05) is 17.8 Å². The molecule has 1 aromatic rings. The molecule has 0 aromatic carbocycles. The number of aromatic nitrogens is 1. The first-order chi connectivity index (χ1) is 7.58. The molecule has 1 atom stereocenters. The summed E-state index contributed by atoms with van der Waals surface area (Å²) in [4.78, 5) is 14.6. The standard InChI is InChI=1S/C11H15N3O2/c1-7-3-6-10(14(15)16)11(12-7)13-8(2)9-4-5-9/h3,6,8-9H,4-5H2,1-2H3,(H,12,13). The Morgan fingerprint density at radius 3 is 2.81 bits per heavy atom. The molecule has 0 radical (unpaired) electrons. The maximum atomic E-state index is 10.8. The number of nitro groups is 1. The molecule has 5 heteroatoms. The lowest BCUT2D eigenvalue weighted by Gasteiger charge is -2.13. The van der Waals surface area contributed by atoms with Crippen LogP contribution < -0.4 is 5.32 Å². The molecule has 0 spiro atoms. The largest absolute Gasteiger partial charge is 0.362 e. The maximum absolute atomic E-state index is 10.8. The second kappa shape index (κ2) is 4.08. The van der Waals surface area contributed by atoms with Crippen LogP contribution in [-0.4, -0.2) is 15.9 Å². The second-order valence-corrected chi connectivity index (χ2v) is 4.35. The summed E-state index contributed by atoms with van der Waals surface area (Å²) < 4.78 is 0. The monoisotopic (exact) mass is 221 g/mol. The van der Waals surface area contributed by atoms with E-state index >= 15 is 0 Å². The van der Waals surface area contributed by atoms with Crippen molar-refractivity contribution in [3.8, 4) is 0 Å². The average molecular weight is 221 g/mol. The molecule has 1 saturated carbocycles. The quantitative estimate of drug-likeness (QED) is 0.626. The summed E-state index contributed by atoms with van der Waals surface area (Å²) in [5.74, 6) is 1.03. The summed E-state index contributed by atoms with van der Waals surface area (Å²) in [5, 5.41) is 14.0. The Balaban J connectivity index is 2.22. The number of anilines is 1. The van der Waals surface area contributed by atoms with Crippen molar-refractivity contribution < 1.29 is 4.92 Å². The van der Waals surface area contributed by atoms with E-state index in [1.54, 1.807) is 6.07 Å². The van der Waals surface area contributed by atoms with Gasteiger partial charge in [-0.1, -0.05) is 0 Å². The third-order valence-corrected chi connectivity index (χ3v) is 2.90. The van der Waals surface area contributed by atoms with Crippen LogP contribution in [0.5, 0.6) is 0 Å². The number of nitrogens with one attached hydrogen (secondary N) is 1. The number of pyridine rings is 1. The van der Waals surface area contributed by atoms with Crippen molar-refractivity contribution in [2.24, 2.45) is 5.92 Å². The molecule has 0 aliphatic heterocycles. The van der Waals surface area contributed by atoms with Gasteiger partial charge in [-0.05, 0) is 38.7 Å². The fourth-order valence-electron chi connectivity index (χ4n) is 1.73. The summed E-state index contributed by atoms with van der Waals surface area (Å²) >= 11 is 0. The maximum Gasteiger partial charge on any atom is 0.311 e. The van der Waals surface area contributed by atoms with Crippen LogP contribution in [0.3, 0.4) is 0 Å². The van der Waals surface area contributed by atoms with Crippen LogP contribution in [0.4, 0.5) is 11.5 Å². The van der Waals surface area contributed by atoms with E-state index in [1.165, 1.54) is 18.9 Å². The van der Waals surface area contributed by atoms with Crippen LogP contribution in [0.1, 0.15) is 25.5 Å². The first-order valence-corrected chi connectivity index (χ1v) is 5.46. The Bertz CT molecular complexity index is 416. The fourth-order valence-corrected chi connectivity index (χ4v) is 1.73. The Morgan fingerprint density at radius 2 is 2.25 bits per heavy atom. The summed E-state index contributed by atoms with van der Waals surface area (Å²) in [6.45, 7) is 3.88. The van der Waals surface area contributed by atoms with Gasteiger partial charge in [-0.3, -0.25) is 10.1 Å². The molecule has 1 aliphatic carbocycles. The van der Waals surface area contributed by atoms with E-state index in [0.717, 1.165) is 5.69 Å². The Morgan fingerprint density at radius 1 is 1.56 bits per heavy atom. The van der Waals surface area contributed by atoms with Crippen molar-refractivity contribution in [2.45, 2.75) is 32.7 Å². The summed E-state index contributed by atoms with van der Waals surface area (Å²) in [6, 6.07) is 3.42. The normalized spacial score (nSPS) is 16.9. The van der Waals surface area contributed by atoms with E-state index in [9.17, 15) is 10.1 Å². The molecule has 1 aromatic heterocycles. The highest BCUT2D eigenvalue weighted by molar-refractivity contribution is 5.56. The molecule has 1 unspecified atom stereocenters. The minimum absolute atomic E-state index is 0.0538. The predicted octanol–water partition coefficient (Wildman–Crippen LogP) is 2.51. The molecule has 5 nitrogen and oxygen atoms in total. The van der Waals surface area contributed by atoms with E-state index < -0.39 is 4.92 Å². The van der Waals surface area contributed by atoms with Crippen molar-refractivity contribution in [1.29, 1.82) is 0 Å². The second-order valence-electron chi connectivity index (χ2n) is 4.35. The molecule has 2 rings (SSSR count). The number of aryl methyl sites for hydroxylation is 1. The zero-order valence-electron chi connectivity index (χ0n) is 9.43. The number of rotatable bonds is 4. The molecule has 1 aliphatic rings. The number of nitrogens with zero attached hydrogens (tertiary/aromatic N) is 2. The summed E-state index contributed by atoms with van der Waals surface area (Å²) in [6.07, 6.45) is 2.40. The molecular weight excluding hydrogens is 206 g/mol. The van der Waals surface area contributed by atoms with Crippen molar-refractivity contribution >= 4 is 11.5 Å². The van der Waals surface area contributed by atoms with Crippen LogP contribution in [-0.2, 0) is 0 Å². The fraction of sp³-hybridized carbons (Fsp3) is 0.545. The van der Waals surface area contributed by atoms with E-state index in [-0.39, 0.29) is 11.7 Å². The molecule has 0 amide bonds. The van der Waals surface area contributed by atoms with Gasteiger partial charge >= 0.3 is 5.69 Å². The molecule has 86 valence electrons. The lowest BCUT2D eigenvalue weighted by atomic mass is 10.2. The molecule has 16 heavy (non-hydrogen) atoms. The number of hydrogen-bond acceptors (Lipinski definition) is 4. The van der Waals surface area contributed by atoms with Crippen LogP contribution in [0.15, 0.2) is 12.1 Å². The lowest BCUT2D eigenvalue weighted by Crippen LogP contribution is -2.19. The highest BCUT2D eigenvalue weighted by atomic mass is 16.6. The molecule has 0 saturated heterocycles. The Labute approximate surface area is 94.0 Å². The van der Waals surface area contributed by atoms with Crippen LogP contribution >= 0.6 is 0 Å². The van der Waals surface area contributed by atoms with Gasteiger partial charge in [0.25, 0.3) is 0 Å². The van der Waals surface area contributed by atoms with Gasteiger partial charge in [0.1, 0.15) is 0 Å². The molecule has 0 bridgehead atoms. The predicted molar refractivity (Wildman–Crippen MR) is 61.4 cm³/mol. The van der Waals surface area contributed by atoms with Gasteiger partial charge in [-0.15, -0.1) is 0 Å². The van der Waals surface area contributed by atoms with E-state index in [2.05, 4.69) is 10.3 Å². The third-order valence-electron chi connectivity index (χ3n) is 2.90. The van der Waals surface area contributed by atoms with Crippen molar-refractivity contribution in [1.82, 2.24) is 4.98 Å². The van der Waals surface area contributed by atoms with E-state index in [0.29, 0.717) is 11.7 Å². The van der Waals surface area contributed by atoms with E-state index in [4.69, 9.17) is 0 Å². The third kappa shape index (κ3) is 2.29. The van der Waals surface area contributed by atoms with Crippen LogP contribution in [0.2, 0.25) is 0 Å². The van der Waals surface area contributed by atoms with Gasteiger partial charge in [0.05, 0.1) is 4.92 Å². The molecule has 1 heterocycles. The summed E-state index contributed by atoms with van der Waals surface area (Å²) in [5.41, 5.74) is 0.842. The molecule has 1 fully saturated rings. The van der Waals surface area contributed by atoms with E-state index in [1.807, 2.05) is 13.8 Å². The zero-order valence-corrected chi connectivity index (χ0v) is 9.43. The van der Waals surface area contributed by atoms with Gasteiger partial charge in [-0.2, -0.15) is 0 Å². The van der Waals surface area contributed by atoms with Crippen molar-refractivity contribution in [2.75, 3.05) is 5.32 Å². The smallest absolute Gasteiger partial charge is 0.311 e. The van der Waals surface area contributed by atoms with Gasteiger partial charge in [-0.25, -0.2) is 4.98 Å². The average Bonchev–Trinajstić information content (AvgIpc) is 2.99. The minimum atomic E-state index is -0.394. The lowest BCUT2D eigenvalue weighted by molar-refractivity contribution is -0.384. The highest BCUT2D eigenvalue weighted by Gasteiger charge is 2.29. The first kappa shape index (κ1) is 10.9. The Hall–Kier alpha value is -1.65.